The summed E-state index contributed by atoms with van der Waals surface area (Å²) < 4.78 is 0. The van der Waals surface area contributed by atoms with Crippen molar-refractivity contribution < 1.29 is 19.8 Å². The van der Waals surface area contributed by atoms with Crippen molar-refractivity contribution in [2.24, 2.45) is 5.92 Å². The van der Waals surface area contributed by atoms with E-state index in [1.54, 1.807) is 12.1 Å². The zero-order chi connectivity index (χ0) is 20.5. The summed E-state index contributed by atoms with van der Waals surface area (Å²) in [5.74, 6) is 5.39. The number of amides is 1. The molecule has 1 aromatic rings. The van der Waals surface area contributed by atoms with Gasteiger partial charge < -0.3 is 15.1 Å². The number of carboxylic acid groups (broad SMARTS) is 1. The molecule has 5 nitrogen and oxygen atoms in total. The number of aliphatic hydroxyl groups excluding tert-OH is 1. The Bertz CT molecular complexity index is 758. The molecule has 1 saturated heterocycles. The van der Waals surface area contributed by atoms with Crippen molar-refractivity contribution in [2.45, 2.75) is 64.5 Å². The van der Waals surface area contributed by atoms with Crippen LogP contribution in [0, 0.1) is 17.8 Å². The molecule has 2 rings (SSSR count). The molecule has 1 amide bonds. The summed E-state index contributed by atoms with van der Waals surface area (Å²) in [5, 5.41) is 19.3. The molecule has 1 aliphatic rings. The molecule has 0 saturated carbocycles. The van der Waals surface area contributed by atoms with E-state index in [4.69, 9.17) is 5.11 Å². The average Bonchev–Trinajstić information content (AvgIpc) is 3.27. The highest BCUT2D eigenvalue weighted by molar-refractivity contribution is 7.13. The normalized spacial score (nSPS) is 18.9. The van der Waals surface area contributed by atoms with Gasteiger partial charge >= 0.3 is 5.97 Å². The van der Waals surface area contributed by atoms with Crippen LogP contribution in [0.2, 0.25) is 0 Å². The van der Waals surface area contributed by atoms with Crippen LogP contribution in [0.5, 0.6) is 0 Å². The Morgan fingerprint density at radius 2 is 2.21 bits per heavy atom. The number of aryl methyl sites for hydroxylation is 1. The highest BCUT2D eigenvalue weighted by atomic mass is 32.1. The summed E-state index contributed by atoms with van der Waals surface area (Å²) in [6, 6.07) is 3.49. The SMILES string of the molecule is CCC#CCC(C)[C@@H](O)C=C[C@H]1CCC(=O)N1CCCc1ccc(C(=O)O)s1. The molecule has 0 radical (unpaired) electrons. The molecule has 0 aromatic carbocycles. The highest BCUT2D eigenvalue weighted by Crippen LogP contribution is 2.23. The minimum absolute atomic E-state index is 0.0222. The van der Waals surface area contributed by atoms with Gasteiger partial charge in [0, 0.05) is 30.7 Å². The predicted molar refractivity (Wildman–Crippen MR) is 111 cm³/mol. The third-order valence-electron chi connectivity index (χ3n) is 4.91. The summed E-state index contributed by atoms with van der Waals surface area (Å²) in [6.07, 6.45) is 7.52. The molecule has 1 aromatic heterocycles. The summed E-state index contributed by atoms with van der Waals surface area (Å²) in [6.45, 7) is 4.62. The van der Waals surface area contributed by atoms with Crippen LogP contribution < -0.4 is 0 Å². The van der Waals surface area contributed by atoms with Gasteiger partial charge in [0.1, 0.15) is 4.88 Å². The number of nitrogens with zero attached hydrogens (tertiary/aromatic N) is 1. The Morgan fingerprint density at radius 3 is 2.89 bits per heavy atom. The number of aromatic carboxylic acids is 1. The monoisotopic (exact) mass is 403 g/mol. The molecule has 3 atom stereocenters. The van der Waals surface area contributed by atoms with Crippen molar-refractivity contribution >= 4 is 23.2 Å². The van der Waals surface area contributed by atoms with Gasteiger partial charge in [0.25, 0.3) is 0 Å². The molecular formula is C22H29NO4S. The molecule has 2 N–H and O–H groups in total. The van der Waals surface area contributed by atoms with E-state index in [0.717, 1.165) is 30.6 Å². The van der Waals surface area contributed by atoms with Crippen LogP contribution in [0.1, 0.15) is 60.5 Å². The topological polar surface area (TPSA) is 77.8 Å². The van der Waals surface area contributed by atoms with E-state index in [1.807, 2.05) is 30.9 Å². The maximum atomic E-state index is 12.2. The maximum absolute atomic E-state index is 12.2. The van der Waals surface area contributed by atoms with Crippen molar-refractivity contribution in [3.63, 3.8) is 0 Å². The molecule has 0 bridgehead atoms. The molecule has 1 unspecified atom stereocenters. The number of carbonyl (C=O) groups is 2. The lowest BCUT2D eigenvalue weighted by Gasteiger charge is -2.23. The Balaban J connectivity index is 1.85. The molecule has 152 valence electrons. The van der Waals surface area contributed by atoms with E-state index in [2.05, 4.69) is 11.8 Å². The van der Waals surface area contributed by atoms with Crippen LogP contribution >= 0.6 is 11.3 Å². The smallest absolute Gasteiger partial charge is 0.345 e. The lowest BCUT2D eigenvalue weighted by Crippen LogP contribution is -2.33. The van der Waals surface area contributed by atoms with Gasteiger partial charge in [-0.2, -0.15) is 0 Å². The fourth-order valence-corrected chi connectivity index (χ4v) is 4.10. The zero-order valence-corrected chi connectivity index (χ0v) is 17.4. The Morgan fingerprint density at radius 1 is 1.43 bits per heavy atom. The second kappa shape index (κ2) is 11.0. The molecule has 0 spiro atoms. The second-order valence-corrected chi connectivity index (χ2v) is 8.30. The van der Waals surface area contributed by atoms with Gasteiger partial charge in [0.05, 0.1) is 12.1 Å². The van der Waals surface area contributed by atoms with Crippen LogP contribution in [0.25, 0.3) is 0 Å². The standard InChI is InChI=1S/C22H29NO4S/c1-3-4-5-7-16(2)19(24)12-9-17-10-14-21(25)23(17)15-6-8-18-11-13-20(28-18)22(26)27/h9,11-13,16-17,19,24H,3,6-8,10,14-15H2,1-2H3,(H,26,27)/t16?,17-,19-/m0/s1. The van der Waals surface area contributed by atoms with Gasteiger partial charge in [-0.05, 0) is 37.3 Å². The van der Waals surface area contributed by atoms with E-state index in [-0.39, 0.29) is 17.9 Å². The van der Waals surface area contributed by atoms with Crippen LogP contribution in [0.3, 0.4) is 0 Å². The van der Waals surface area contributed by atoms with Gasteiger partial charge in [-0.15, -0.1) is 23.2 Å². The molecule has 2 heterocycles. The van der Waals surface area contributed by atoms with E-state index < -0.39 is 12.1 Å². The van der Waals surface area contributed by atoms with E-state index in [9.17, 15) is 14.7 Å². The summed E-state index contributed by atoms with van der Waals surface area (Å²) >= 11 is 1.29. The largest absolute Gasteiger partial charge is 0.477 e. The van der Waals surface area contributed by atoms with Gasteiger partial charge in [-0.25, -0.2) is 4.79 Å². The number of likely N-dealkylation sites (tertiary alicyclic amines) is 1. The van der Waals surface area contributed by atoms with E-state index in [1.165, 1.54) is 11.3 Å². The first-order valence-electron chi connectivity index (χ1n) is 9.86. The lowest BCUT2D eigenvalue weighted by molar-refractivity contribution is -0.128. The Hall–Kier alpha value is -2.10. The van der Waals surface area contributed by atoms with Gasteiger partial charge in [0.2, 0.25) is 5.91 Å². The van der Waals surface area contributed by atoms with Gasteiger partial charge in [0.15, 0.2) is 0 Å². The number of carbonyl (C=O) groups excluding carboxylic acids is 1. The molecule has 1 fully saturated rings. The van der Waals surface area contributed by atoms with E-state index >= 15 is 0 Å². The quantitative estimate of drug-likeness (QED) is 0.486. The first-order valence-corrected chi connectivity index (χ1v) is 10.7. The van der Waals surface area contributed by atoms with Crippen LogP contribution in [-0.2, 0) is 11.2 Å². The first kappa shape index (κ1) is 22.2. The van der Waals surface area contributed by atoms with Crippen molar-refractivity contribution in [1.82, 2.24) is 4.90 Å². The van der Waals surface area contributed by atoms with Crippen LogP contribution in [-0.4, -0.2) is 45.7 Å². The van der Waals surface area contributed by atoms with Gasteiger partial charge in [-0.1, -0.05) is 26.0 Å². The van der Waals surface area contributed by atoms with Crippen molar-refractivity contribution in [3.05, 3.63) is 34.0 Å². The van der Waals surface area contributed by atoms with Crippen molar-refractivity contribution in [2.75, 3.05) is 6.54 Å². The molecule has 0 aliphatic carbocycles. The number of aliphatic hydroxyl groups is 1. The second-order valence-electron chi connectivity index (χ2n) is 7.13. The Kier molecular flexibility index (Phi) is 8.75. The fraction of sp³-hybridized carbons (Fsp3) is 0.545. The Labute approximate surface area is 171 Å². The predicted octanol–water partition coefficient (Wildman–Crippen LogP) is 3.73. The maximum Gasteiger partial charge on any atom is 0.345 e. The molecule has 1 aliphatic heterocycles. The van der Waals surface area contributed by atoms with Crippen LogP contribution in [0.4, 0.5) is 0 Å². The number of carboxylic acids is 1. The minimum Gasteiger partial charge on any atom is -0.477 e. The number of hydrogen-bond donors (Lipinski definition) is 2. The molecule has 6 heteroatoms. The lowest BCUT2D eigenvalue weighted by atomic mass is 10.00. The summed E-state index contributed by atoms with van der Waals surface area (Å²) in [5.41, 5.74) is 0. The highest BCUT2D eigenvalue weighted by Gasteiger charge is 2.28. The average molecular weight is 404 g/mol. The number of rotatable bonds is 9. The summed E-state index contributed by atoms with van der Waals surface area (Å²) in [7, 11) is 0. The van der Waals surface area contributed by atoms with Crippen molar-refractivity contribution in [1.29, 1.82) is 0 Å². The minimum atomic E-state index is -0.898. The van der Waals surface area contributed by atoms with Gasteiger partial charge in [-0.3, -0.25) is 4.79 Å². The van der Waals surface area contributed by atoms with E-state index in [0.29, 0.717) is 24.3 Å². The molecular weight excluding hydrogens is 374 g/mol. The number of thiophene rings is 1. The third kappa shape index (κ3) is 6.50. The van der Waals surface area contributed by atoms with Crippen LogP contribution in [0.15, 0.2) is 24.3 Å². The zero-order valence-electron chi connectivity index (χ0n) is 16.6. The fourth-order valence-electron chi connectivity index (χ4n) is 3.21. The van der Waals surface area contributed by atoms with Crippen molar-refractivity contribution in [3.8, 4) is 11.8 Å². The number of hydrogen-bond acceptors (Lipinski definition) is 4. The third-order valence-corrected chi connectivity index (χ3v) is 6.04. The molecule has 28 heavy (non-hydrogen) atoms. The first-order chi connectivity index (χ1) is 13.4. The summed E-state index contributed by atoms with van der Waals surface area (Å²) in [4.78, 5) is 26.4.